The predicted octanol–water partition coefficient (Wildman–Crippen LogP) is 3.52. The van der Waals surface area contributed by atoms with Gasteiger partial charge in [-0.1, -0.05) is 6.07 Å². The number of halogens is 1. The molecule has 30 heavy (non-hydrogen) atoms. The fourth-order valence-electron chi connectivity index (χ4n) is 3.32. The maximum atomic E-state index is 12.9. The number of amides is 1. The van der Waals surface area contributed by atoms with Crippen molar-refractivity contribution < 1.29 is 14.3 Å². The first-order valence-electron chi connectivity index (χ1n) is 10.2. The van der Waals surface area contributed by atoms with E-state index in [0.29, 0.717) is 19.0 Å². The summed E-state index contributed by atoms with van der Waals surface area (Å²) in [4.78, 5) is 23.4. The molecule has 1 aromatic rings. The molecule has 1 aliphatic heterocycles. The van der Waals surface area contributed by atoms with Gasteiger partial charge in [-0.3, -0.25) is 9.88 Å². The lowest BCUT2D eigenvalue weighted by atomic mass is 10.1. The molecule has 0 radical (unpaired) electrons. The molecule has 8 nitrogen and oxygen atoms in total. The zero-order chi connectivity index (χ0) is 21.7. The highest BCUT2D eigenvalue weighted by Crippen LogP contribution is 2.33. The third kappa shape index (κ3) is 7.57. The maximum Gasteiger partial charge on any atom is 0.412 e. The van der Waals surface area contributed by atoms with Crippen LogP contribution in [-0.4, -0.2) is 58.5 Å². The van der Waals surface area contributed by atoms with Crippen LogP contribution in [0.25, 0.3) is 0 Å². The quantitative estimate of drug-likeness (QED) is 0.342. The fraction of sp³-hybridized carbons (Fsp3) is 0.667. The summed E-state index contributed by atoms with van der Waals surface area (Å²) in [6, 6.07) is 5.56. The Morgan fingerprint density at radius 3 is 2.60 bits per heavy atom. The number of carbonyl (C=O) groups excluding carboxylic acids is 1. The maximum absolute atomic E-state index is 12.9. The van der Waals surface area contributed by atoms with Gasteiger partial charge in [0.15, 0.2) is 5.96 Å². The molecule has 0 bridgehead atoms. The molecule has 0 spiro atoms. The Hall–Kier alpha value is -1.62. The van der Waals surface area contributed by atoms with Gasteiger partial charge in [-0.2, -0.15) is 0 Å². The largest absolute Gasteiger partial charge is 0.444 e. The summed E-state index contributed by atoms with van der Waals surface area (Å²) < 4.78 is 11.7. The molecule has 1 amide bonds. The van der Waals surface area contributed by atoms with E-state index < -0.39 is 11.3 Å². The third-order valence-corrected chi connectivity index (χ3v) is 4.47. The number of guanidine groups is 1. The van der Waals surface area contributed by atoms with E-state index in [1.165, 1.54) is 0 Å². The van der Waals surface area contributed by atoms with Crippen molar-refractivity contribution in [2.75, 3.05) is 13.1 Å². The Balaban J connectivity index is 0.00000450. The lowest BCUT2D eigenvalue weighted by Gasteiger charge is -2.35. The molecule has 2 atom stereocenters. The molecule has 0 aromatic carbocycles. The Bertz CT molecular complexity index is 706. The highest BCUT2D eigenvalue weighted by Gasteiger charge is 2.49. The summed E-state index contributed by atoms with van der Waals surface area (Å²) in [6.45, 7) is 15.0. The standard InChI is InChI=1S/C21H35N5O3.HI/c1-8-22-18(24-13-16-11-9-10-12-23-16)25-14-17-15(2)28-21(6,7)26(17)19(27)29-20(3,4)5;/h9-12,15,17H,8,13-14H2,1-7H3,(H2,22,24,25);1H. The second kappa shape index (κ2) is 11.1. The van der Waals surface area contributed by atoms with Gasteiger partial charge >= 0.3 is 6.09 Å². The number of aromatic nitrogens is 1. The zero-order valence-electron chi connectivity index (χ0n) is 19.1. The van der Waals surface area contributed by atoms with Gasteiger partial charge < -0.3 is 20.1 Å². The van der Waals surface area contributed by atoms with Crippen LogP contribution >= 0.6 is 24.0 Å². The number of rotatable bonds is 5. The highest BCUT2D eigenvalue weighted by atomic mass is 127. The van der Waals surface area contributed by atoms with Crippen molar-refractivity contribution in [1.82, 2.24) is 20.5 Å². The molecule has 1 aliphatic rings. The van der Waals surface area contributed by atoms with Crippen LogP contribution in [0.1, 0.15) is 54.2 Å². The number of carbonyl (C=O) groups is 1. The van der Waals surface area contributed by atoms with E-state index in [-0.39, 0.29) is 42.2 Å². The van der Waals surface area contributed by atoms with Gasteiger partial charge in [-0.25, -0.2) is 9.79 Å². The molecule has 2 heterocycles. The lowest BCUT2D eigenvalue weighted by Crippen LogP contribution is -2.54. The van der Waals surface area contributed by atoms with Gasteiger partial charge in [0.05, 0.1) is 24.4 Å². The van der Waals surface area contributed by atoms with Crippen LogP contribution in [0.2, 0.25) is 0 Å². The Labute approximate surface area is 197 Å². The second-order valence-corrected chi connectivity index (χ2v) is 8.58. The Morgan fingerprint density at radius 1 is 1.33 bits per heavy atom. The van der Waals surface area contributed by atoms with Crippen molar-refractivity contribution in [2.24, 2.45) is 4.99 Å². The summed E-state index contributed by atoms with van der Waals surface area (Å²) in [6.07, 6.45) is 1.22. The first kappa shape index (κ1) is 26.4. The summed E-state index contributed by atoms with van der Waals surface area (Å²) in [5, 5.41) is 6.56. The topological polar surface area (TPSA) is 88.1 Å². The highest BCUT2D eigenvalue weighted by molar-refractivity contribution is 14.0. The predicted molar refractivity (Wildman–Crippen MR) is 129 cm³/mol. The van der Waals surface area contributed by atoms with Crippen molar-refractivity contribution in [3.05, 3.63) is 30.1 Å². The second-order valence-electron chi connectivity index (χ2n) is 8.58. The third-order valence-electron chi connectivity index (χ3n) is 4.47. The van der Waals surface area contributed by atoms with Gasteiger partial charge in [0, 0.05) is 19.3 Å². The molecule has 0 saturated carbocycles. The molecule has 1 aromatic heterocycles. The minimum absolute atomic E-state index is 0. The van der Waals surface area contributed by atoms with Gasteiger partial charge in [-0.15, -0.1) is 24.0 Å². The first-order valence-corrected chi connectivity index (χ1v) is 10.2. The molecular weight excluding hydrogens is 497 g/mol. The van der Waals surface area contributed by atoms with Crippen molar-refractivity contribution >= 4 is 36.0 Å². The van der Waals surface area contributed by atoms with Gasteiger partial charge in [0.2, 0.25) is 0 Å². The van der Waals surface area contributed by atoms with Crippen LogP contribution in [0, 0.1) is 0 Å². The molecule has 2 N–H and O–H groups in total. The van der Waals surface area contributed by atoms with Crippen LogP contribution in [0.15, 0.2) is 29.4 Å². The van der Waals surface area contributed by atoms with Crippen LogP contribution < -0.4 is 10.6 Å². The number of aliphatic imine (C=N–C) groups is 1. The van der Waals surface area contributed by atoms with E-state index >= 15 is 0 Å². The smallest absolute Gasteiger partial charge is 0.412 e. The van der Waals surface area contributed by atoms with Crippen molar-refractivity contribution in [3.8, 4) is 0 Å². The lowest BCUT2D eigenvalue weighted by molar-refractivity contribution is -0.0755. The first-order chi connectivity index (χ1) is 13.5. The van der Waals surface area contributed by atoms with Crippen molar-refractivity contribution in [3.63, 3.8) is 0 Å². The molecule has 170 valence electrons. The zero-order valence-corrected chi connectivity index (χ0v) is 21.4. The normalized spacial score (nSPS) is 21.0. The van der Waals surface area contributed by atoms with Crippen LogP contribution in [0.5, 0.6) is 0 Å². The molecule has 1 fully saturated rings. The summed E-state index contributed by atoms with van der Waals surface area (Å²) >= 11 is 0. The summed E-state index contributed by atoms with van der Waals surface area (Å²) in [5.41, 5.74) is -0.438. The Kier molecular flexibility index (Phi) is 9.80. The molecule has 0 aliphatic carbocycles. The molecule has 2 rings (SSSR count). The SMILES string of the molecule is CCNC(=NCc1ccccn1)NCC1C(C)OC(C)(C)N1C(=O)OC(C)(C)C.I. The van der Waals surface area contributed by atoms with E-state index in [2.05, 4.69) is 20.6 Å². The van der Waals surface area contributed by atoms with E-state index in [9.17, 15) is 4.79 Å². The summed E-state index contributed by atoms with van der Waals surface area (Å²) in [5.74, 6) is 0.666. The number of nitrogens with zero attached hydrogens (tertiary/aromatic N) is 3. The number of nitrogens with one attached hydrogen (secondary N) is 2. The number of pyridine rings is 1. The molecular formula is C21H36IN5O3. The molecule has 1 saturated heterocycles. The van der Waals surface area contributed by atoms with E-state index in [0.717, 1.165) is 12.2 Å². The molecule has 2 unspecified atom stereocenters. The van der Waals surface area contributed by atoms with Gasteiger partial charge in [-0.05, 0) is 60.6 Å². The number of hydrogen-bond donors (Lipinski definition) is 2. The minimum Gasteiger partial charge on any atom is -0.444 e. The van der Waals surface area contributed by atoms with Crippen molar-refractivity contribution in [2.45, 2.75) is 78.5 Å². The number of ether oxygens (including phenoxy) is 2. The minimum atomic E-state index is -0.752. The average molecular weight is 533 g/mol. The van der Waals surface area contributed by atoms with Crippen molar-refractivity contribution in [1.29, 1.82) is 0 Å². The van der Waals surface area contributed by atoms with Crippen LogP contribution in [0.4, 0.5) is 4.79 Å². The Morgan fingerprint density at radius 2 is 2.03 bits per heavy atom. The molecule has 9 heteroatoms. The van der Waals surface area contributed by atoms with E-state index in [1.54, 1.807) is 11.1 Å². The van der Waals surface area contributed by atoms with Gasteiger partial charge in [0.1, 0.15) is 11.3 Å². The summed E-state index contributed by atoms with van der Waals surface area (Å²) in [7, 11) is 0. The monoisotopic (exact) mass is 533 g/mol. The fourth-order valence-corrected chi connectivity index (χ4v) is 3.32. The number of hydrogen-bond acceptors (Lipinski definition) is 5. The van der Waals surface area contributed by atoms with Gasteiger partial charge in [0.25, 0.3) is 0 Å². The van der Waals surface area contributed by atoms with Crippen LogP contribution in [0.3, 0.4) is 0 Å². The van der Waals surface area contributed by atoms with E-state index in [4.69, 9.17) is 9.47 Å². The average Bonchev–Trinajstić information content (AvgIpc) is 2.84. The van der Waals surface area contributed by atoms with Crippen LogP contribution in [-0.2, 0) is 16.0 Å². The van der Waals surface area contributed by atoms with E-state index in [1.807, 2.05) is 66.7 Å².